The molecule has 2 amide bonds. The third-order valence-electron chi connectivity index (χ3n) is 4.35. The topological polar surface area (TPSA) is 95.9 Å². The Morgan fingerprint density at radius 1 is 1.23 bits per heavy atom. The molecule has 0 bridgehead atoms. The second kappa shape index (κ2) is 9.67. The van der Waals surface area contributed by atoms with Crippen molar-refractivity contribution >= 4 is 56.1 Å². The van der Waals surface area contributed by atoms with Crippen molar-refractivity contribution in [1.82, 2.24) is 4.90 Å². The van der Waals surface area contributed by atoms with Crippen LogP contribution in [0, 0.1) is 6.92 Å². The molecule has 2 aromatic rings. The first kappa shape index (κ1) is 23.1. The van der Waals surface area contributed by atoms with Gasteiger partial charge in [0.15, 0.2) is 5.17 Å². The minimum atomic E-state index is -4.06. The molecule has 1 saturated heterocycles. The van der Waals surface area contributed by atoms with Gasteiger partial charge in [0.05, 0.1) is 4.90 Å². The Kier molecular flexibility index (Phi) is 7.19. The Hall–Kier alpha value is -2.62. The van der Waals surface area contributed by atoms with Crippen LogP contribution in [0.15, 0.2) is 70.5 Å². The molecule has 10 heteroatoms. The summed E-state index contributed by atoms with van der Waals surface area (Å²) in [5, 5.41) is 2.36. The SMILES string of the molecule is C=CCN1C(=O)C(CC(=O)Nc2ccc(C)cc2)S/C1=N/S(=O)(=O)c1ccc(Cl)cc1. The van der Waals surface area contributed by atoms with Gasteiger partial charge in [-0.1, -0.05) is 47.1 Å². The van der Waals surface area contributed by atoms with Gasteiger partial charge in [0.2, 0.25) is 11.8 Å². The molecule has 1 unspecified atom stereocenters. The van der Waals surface area contributed by atoms with Crippen molar-refractivity contribution in [3.05, 3.63) is 71.8 Å². The first-order chi connectivity index (χ1) is 14.7. The third-order valence-corrected chi connectivity index (χ3v) is 7.17. The van der Waals surface area contributed by atoms with E-state index in [2.05, 4.69) is 16.3 Å². The predicted octanol–water partition coefficient (Wildman–Crippen LogP) is 3.85. The van der Waals surface area contributed by atoms with Gasteiger partial charge < -0.3 is 5.32 Å². The number of aryl methyl sites for hydroxylation is 1. The lowest BCUT2D eigenvalue weighted by molar-refractivity contribution is -0.127. The summed E-state index contributed by atoms with van der Waals surface area (Å²) in [6.45, 7) is 5.62. The van der Waals surface area contributed by atoms with E-state index >= 15 is 0 Å². The fraction of sp³-hybridized carbons (Fsp3) is 0.190. The number of nitrogens with zero attached hydrogens (tertiary/aromatic N) is 2. The zero-order valence-corrected chi connectivity index (χ0v) is 19.0. The van der Waals surface area contributed by atoms with Crippen LogP contribution in [0.25, 0.3) is 0 Å². The maximum absolute atomic E-state index is 12.8. The number of halogens is 1. The Labute approximate surface area is 190 Å². The highest BCUT2D eigenvalue weighted by Gasteiger charge is 2.39. The Morgan fingerprint density at radius 3 is 2.48 bits per heavy atom. The molecule has 7 nitrogen and oxygen atoms in total. The molecule has 0 aromatic heterocycles. The molecule has 1 aliphatic heterocycles. The van der Waals surface area contributed by atoms with Crippen LogP contribution < -0.4 is 5.32 Å². The maximum atomic E-state index is 12.8. The third kappa shape index (κ3) is 5.75. The van der Waals surface area contributed by atoms with E-state index in [1.165, 1.54) is 35.2 Å². The molecule has 162 valence electrons. The fourth-order valence-corrected chi connectivity index (χ4v) is 5.28. The van der Waals surface area contributed by atoms with Crippen molar-refractivity contribution in [2.45, 2.75) is 23.5 Å². The number of rotatable bonds is 7. The molecule has 1 aliphatic rings. The summed E-state index contributed by atoms with van der Waals surface area (Å²) in [6, 6.07) is 12.8. The number of carbonyl (C=O) groups excluding carboxylic acids is 2. The second-order valence-electron chi connectivity index (χ2n) is 6.77. The predicted molar refractivity (Wildman–Crippen MR) is 124 cm³/mol. The van der Waals surface area contributed by atoms with Gasteiger partial charge in [0.25, 0.3) is 10.0 Å². The summed E-state index contributed by atoms with van der Waals surface area (Å²) in [7, 11) is -4.06. The summed E-state index contributed by atoms with van der Waals surface area (Å²) < 4.78 is 29.2. The number of hydrogen-bond acceptors (Lipinski definition) is 5. The monoisotopic (exact) mass is 477 g/mol. The fourth-order valence-electron chi connectivity index (χ4n) is 2.79. The number of amidine groups is 1. The number of amides is 2. The molecular formula is C21H20ClN3O4S2. The van der Waals surface area contributed by atoms with Crippen LogP contribution in [-0.4, -0.2) is 42.1 Å². The average molecular weight is 478 g/mol. The largest absolute Gasteiger partial charge is 0.326 e. The molecule has 0 spiro atoms. The Balaban J connectivity index is 1.78. The summed E-state index contributed by atoms with van der Waals surface area (Å²) >= 11 is 6.76. The lowest BCUT2D eigenvalue weighted by atomic mass is 10.2. The smallest absolute Gasteiger partial charge is 0.284 e. The number of anilines is 1. The molecule has 31 heavy (non-hydrogen) atoms. The molecule has 3 rings (SSSR count). The van der Waals surface area contributed by atoms with E-state index in [1.54, 1.807) is 12.1 Å². The minimum absolute atomic E-state index is 0.00739. The van der Waals surface area contributed by atoms with E-state index in [1.807, 2.05) is 19.1 Å². The lowest BCUT2D eigenvalue weighted by Crippen LogP contribution is -2.33. The van der Waals surface area contributed by atoms with E-state index in [-0.39, 0.29) is 28.9 Å². The maximum Gasteiger partial charge on any atom is 0.284 e. The van der Waals surface area contributed by atoms with Gasteiger partial charge in [-0.15, -0.1) is 11.0 Å². The van der Waals surface area contributed by atoms with Crippen LogP contribution in [0.2, 0.25) is 5.02 Å². The zero-order chi connectivity index (χ0) is 22.6. The van der Waals surface area contributed by atoms with Gasteiger partial charge in [0.1, 0.15) is 5.25 Å². The number of nitrogens with one attached hydrogen (secondary N) is 1. The highest BCUT2D eigenvalue weighted by atomic mass is 35.5. The molecule has 1 N–H and O–H groups in total. The van der Waals surface area contributed by atoms with Gasteiger partial charge in [-0.05, 0) is 43.3 Å². The second-order valence-corrected chi connectivity index (χ2v) is 9.98. The standard InChI is InChI=1S/C21H20ClN3O4S2/c1-3-12-25-20(27)18(13-19(26)23-16-8-4-14(2)5-9-16)30-21(25)24-31(28,29)17-10-6-15(22)7-11-17/h3-11,18H,1,12-13H2,2H3,(H,23,26)/b24-21+. The molecule has 0 radical (unpaired) electrons. The van der Waals surface area contributed by atoms with Crippen molar-refractivity contribution in [1.29, 1.82) is 0 Å². The molecule has 1 atom stereocenters. The first-order valence-corrected chi connectivity index (χ1v) is 12.0. The van der Waals surface area contributed by atoms with Crippen LogP contribution in [0.3, 0.4) is 0 Å². The van der Waals surface area contributed by atoms with Crippen molar-refractivity contribution in [2.24, 2.45) is 4.40 Å². The molecule has 0 saturated carbocycles. The Morgan fingerprint density at radius 2 is 1.87 bits per heavy atom. The van der Waals surface area contributed by atoms with Gasteiger partial charge in [0, 0.05) is 23.7 Å². The highest BCUT2D eigenvalue weighted by Crippen LogP contribution is 2.31. The Bertz CT molecular complexity index is 1130. The summed E-state index contributed by atoms with van der Waals surface area (Å²) in [6.07, 6.45) is 1.35. The first-order valence-electron chi connectivity index (χ1n) is 9.25. The van der Waals surface area contributed by atoms with E-state index in [0.717, 1.165) is 17.3 Å². The van der Waals surface area contributed by atoms with Gasteiger partial charge in [-0.25, -0.2) is 0 Å². The molecule has 1 heterocycles. The van der Waals surface area contributed by atoms with Crippen LogP contribution >= 0.6 is 23.4 Å². The van der Waals surface area contributed by atoms with E-state index in [0.29, 0.717) is 10.7 Å². The average Bonchev–Trinajstić information content (AvgIpc) is 2.98. The number of carbonyl (C=O) groups is 2. The van der Waals surface area contributed by atoms with Gasteiger partial charge in [-0.2, -0.15) is 8.42 Å². The molecule has 0 aliphatic carbocycles. The normalized spacial score (nSPS) is 17.7. The number of thioether (sulfide) groups is 1. The van der Waals surface area contributed by atoms with Gasteiger partial charge in [-0.3, -0.25) is 14.5 Å². The van der Waals surface area contributed by atoms with Crippen molar-refractivity contribution in [2.75, 3.05) is 11.9 Å². The summed E-state index contributed by atoms with van der Waals surface area (Å²) in [5.41, 5.74) is 1.68. The van der Waals surface area contributed by atoms with Crippen molar-refractivity contribution < 1.29 is 18.0 Å². The molecule has 1 fully saturated rings. The van der Waals surface area contributed by atoms with Crippen molar-refractivity contribution in [3.8, 4) is 0 Å². The molecule has 2 aromatic carbocycles. The highest BCUT2D eigenvalue weighted by molar-refractivity contribution is 8.16. The summed E-state index contributed by atoms with van der Waals surface area (Å²) in [4.78, 5) is 26.4. The van der Waals surface area contributed by atoms with Crippen LogP contribution in [0.5, 0.6) is 0 Å². The lowest BCUT2D eigenvalue weighted by Gasteiger charge is -2.13. The van der Waals surface area contributed by atoms with E-state index < -0.39 is 21.2 Å². The molecular weight excluding hydrogens is 458 g/mol. The van der Waals surface area contributed by atoms with Gasteiger partial charge >= 0.3 is 0 Å². The van der Waals surface area contributed by atoms with Crippen molar-refractivity contribution in [3.63, 3.8) is 0 Å². The number of benzene rings is 2. The van der Waals surface area contributed by atoms with E-state index in [4.69, 9.17) is 11.6 Å². The zero-order valence-electron chi connectivity index (χ0n) is 16.6. The number of hydrogen-bond donors (Lipinski definition) is 1. The van der Waals surface area contributed by atoms with Crippen LogP contribution in [-0.2, 0) is 19.6 Å². The van der Waals surface area contributed by atoms with E-state index in [9.17, 15) is 18.0 Å². The van der Waals surface area contributed by atoms with Crippen LogP contribution in [0.1, 0.15) is 12.0 Å². The number of sulfonamides is 1. The quantitative estimate of drug-likeness (QED) is 0.611. The summed E-state index contributed by atoms with van der Waals surface area (Å²) in [5.74, 6) is -0.746. The van der Waals surface area contributed by atoms with Crippen LogP contribution in [0.4, 0.5) is 5.69 Å². The minimum Gasteiger partial charge on any atom is -0.326 e.